The lowest BCUT2D eigenvalue weighted by Gasteiger charge is -2.36. The molecule has 1 atom stereocenters. The van der Waals surface area contributed by atoms with Crippen molar-refractivity contribution < 1.29 is 18.3 Å². The van der Waals surface area contributed by atoms with Crippen LogP contribution in [0.5, 0.6) is 0 Å². The molecule has 1 fully saturated rings. The highest BCUT2D eigenvalue weighted by Gasteiger charge is 2.33. The van der Waals surface area contributed by atoms with E-state index in [1.54, 1.807) is 13.0 Å². The zero-order chi connectivity index (χ0) is 15.4. The molecule has 1 aromatic rings. The van der Waals surface area contributed by atoms with Gasteiger partial charge in [0, 0.05) is 6.54 Å². The molecule has 0 aromatic heterocycles. The first-order valence-corrected chi connectivity index (χ1v) is 6.91. The number of anilines is 1. The van der Waals surface area contributed by atoms with Gasteiger partial charge in [-0.3, -0.25) is 0 Å². The summed E-state index contributed by atoms with van der Waals surface area (Å²) >= 11 is 0. The van der Waals surface area contributed by atoms with Crippen molar-refractivity contribution in [1.29, 1.82) is 5.26 Å². The Hall–Kier alpha value is -2.16. The van der Waals surface area contributed by atoms with Crippen molar-refractivity contribution in [3.8, 4) is 6.07 Å². The van der Waals surface area contributed by atoms with Gasteiger partial charge in [-0.25, -0.2) is 13.6 Å². The largest absolute Gasteiger partial charge is 0.464 e. The quantitative estimate of drug-likeness (QED) is 0.804. The minimum Gasteiger partial charge on any atom is -0.464 e. The van der Waals surface area contributed by atoms with Crippen LogP contribution in [0.2, 0.25) is 0 Å². The molecule has 4 nitrogen and oxygen atoms in total. The second kappa shape index (κ2) is 6.53. The van der Waals surface area contributed by atoms with Crippen LogP contribution in [0.25, 0.3) is 0 Å². The highest BCUT2D eigenvalue weighted by atomic mass is 19.1. The number of carbonyl (C=O) groups is 1. The van der Waals surface area contributed by atoms with E-state index < -0.39 is 23.6 Å². The Morgan fingerprint density at radius 2 is 2.10 bits per heavy atom. The molecule has 1 heterocycles. The Kier molecular flexibility index (Phi) is 4.73. The normalized spacial score (nSPS) is 18.2. The molecule has 0 aliphatic carbocycles. The average Bonchev–Trinajstić information content (AvgIpc) is 2.47. The molecule has 1 unspecified atom stereocenters. The van der Waals surface area contributed by atoms with Gasteiger partial charge in [0.1, 0.15) is 11.7 Å². The van der Waals surface area contributed by atoms with Crippen molar-refractivity contribution in [3.63, 3.8) is 0 Å². The van der Waals surface area contributed by atoms with E-state index >= 15 is 0 Å². The van der Waals surface area contributed by atoms with E-state index in [0.29, 0.717) is 13.0 Å². The Morgan fingerprint density at radius 3 is 2.67 bits per heavy atom. The molecule has 6 heteroatoms. The number of esters is 1. The van der Waals surface area contributed by atoms with Gasteiger partial charge in [0.25, 0.3) is 0 Å². The fourth-order valence-corrected chi connectivity index (χ4v) is 2.59. The van der Waals surface area contributed by atoms with E-state index in [-0.39, 0.29) is 17.9 Å². The van der Waals surface area contributed by atoms with Gasteiger partial charge in [0.15, 0.2) is 11.6 Å². The van der Waals surface area contributed by atoms with Gasteiger partial charge in [-0.15, -0.1) is 0 Å². The monoisotopic (exact) mass is 294 g/mol. The van der Waals surface area contributed by atoms with Gasteiger partial charge in [0.2, 0.25) is 0 Å². The summed E-state index contributed by atoms with van der Waals surface area (Å²) in [6.45, 7) is 2.29. The lowest BCUT2D eigenvalue weighted by atomic mass is 10.0. The number of halogens is 2. The summed E-state index contributed by atoms with van der Waals surface area (Å²) in [5.74, 6) is -2.13. The lowest BCUT2D eigenvalue weighted by molar-refractivity contribution is -0.145. The molecule has 1 aromatic carbocycles. The van der Waals surface area contributed by atoms with Gasteiger partial charge < -0.3 is 9.64 Å². The van der Waals surface area contributed by atoms with Crippen molar-refractivity contribution >= 4 is 11.7 Å². The number of nitrogens with zero attached hydrogens (tertiary/aromatic N) is 2. The highest BCUT2D eigenvalue weighted by Crippen LogP contribution is 2.31. The zero-order valence-electron chi connectivity index (χ0n) is 11.7. The Bertz CT molecular complexity index is 561. The predicted molar refractivity (Wildman–Crippen MR) is 72.7 cm³/mol. The summed E-state index contributed by atoms with van der Waals surface area (Å²) in [4.78, 5) is 13.4. The molecule has 1 aliphatic heterocycles. The molecule has 112 valence electrons. The van der Waals surface area contributed by atoms with Crippen molar-refractivity contribution in [1.82, 2.24) is 0 Å². The van der Waals surface area contributed by atoms with Crippen LogP contribution in [0.15, 0.2) is 12.1 Å². The molecule has 21 heavy (non-hydrogen) atoms. The standard InChI is InChI=1S/C15H16F2N2O2/c1-2-21-15(20)13-5-3-4-6-19(13)14-11(16)7-10(9-18)8-12(14)17/h7-8,13H,2-6H2,1H3. The maximum Gasteiger partial charge on any atom is 0.328 e. The van der Waals surface area contributed by atoms with Crippen LogP contribution < -0.4 is 4.90 Å². The number of ether oxygens (including phenoxy) is 1. The van der Waals surface area contributed by atoms with Crippen LogP contribution in [0.3, 0.4) is 0 Å². The van der Waals surface area contributed by atoms with Crippen molar-refractivity contribution in [2.45, 2.75) is 32.2 Å². The van der Waals surface area contributed by atoms with Crippen LogP contribution >= 0.6 is 0 Å². The molecule has 0 saturated carbocycles. The van der Waals surface area contributed by atoms with Crippen LogP contribution in [0, 0.1) is 23.0 Å². The van der Waals surface area contributed by atoms with Crippen molar-refractivity contribution in [2.75, 3.05) is 18.1 Å². The third-order valence-electron chi connectivity index (χ3n) is 3.49. The molecular formula is C15H16F2N2O2. The molecule has 0 N–H and O–H groups in total. The fourth-order valence-electron chi connectivity index (χ4n) is 2.59. The van der Waals surface area contributed by atoms with Crippen LogP contribution in [-0.4, -0.2) is 25.2 Å². The minimum absolute atomic E-state index is 0.0848. The number of rotatable bonds is 3. The second-order valence-electron chi connectivity index (χ2n) is 4.86. The first-order valence-electron chi connectivity index (χ1n) is 6.91. The van der Waals surface area contributed by atoms with Crippen LogP contribution in [0.4, 0.5) is 14.5 Å². The van der Waals surface area contributed by atoms with E-state index in [9.17, 15) is 13.6 Å². The number of hydrogen-bond acceptors (Lipinski definition) is 4. The molecule has 2 rings (SSSR count). The van der Waals surface area contributed by atoms with Gasteiger partial charge in [-0.2, -0.15) is 5.26 Å². The van der Waals surface area contributed by atoms with E-state index in [1.165, 1.54) is 4.90 Å². The lowest BCUT2D eigenvalue weighted by Crippen LogP contribution is -2.46. The summed E-state index contributed by atoms with van der Waals surface area (Å²) < 4.78 is 33.2. The van der Waals surface area contributed by atoms with Gasteiger partial charge in [0.05, 0.1) is 18.2 Å². The average molecular weight is 294 g/mol. The maximum atomic E-state index is 14.1. The molecule has 0 amide bonds. The summed E-state index contributed by atoms with van der Waals surface area (Å²) in [6, 6.07) is 2.98. The van der Waals surface area contributed by atoms with Crippen molar-refractivity contribution in [3.05, 3.63) is 29.3 Å². The Morgan fingerprint density at radius 1 is 1.43 bits per heavy atom. The van der Waals surface area contributed by atoms with Gasteiger partial charge >= 0.3 is 5.97 Å². The molecular weight excluding hydrogens is 278 g/mol. The SMILES string of the molecule is CCOC(=O)C1CCCCN1c1c(F)cc(C#N)cc1F. The molecule has 0 bridgehead atoms. The van der Waals surface area contributed by atoms with Crippen molar-refractivity contribution in [2.24, 2.45) is 0 Å². The third-order valence-corrected chi connectivity index (χ3v) is 3.49. The first kappa shape index (κ1) is 15.2. The van der Waals surface area contributed by atoms with Crippen LogP contribution in [0.1, 0.15) is 31.7 Å². The molecule has 1 aliphatic rings. The highest BCUT2D eigenvalue weighted by molar-refractivity contribution is 5.80. The predicted octanol–water partition coefficient (Wildman–Crippen LogP) is 2.76. The second-order valence-corrected chi connectivity index (χ2v) is 4.86. The number of nitriles is 1. The van der Waals surface area contributed by atoms with Crippen LogP contribution in [-0.2, 0) is 9.53 Å². The number of piperidine rings is 1. The van der Waals surface area contributed by atoms with Gasteiger partial charge in [-0.05, 0) is 38.3 Å². The van der Waals surface area contributed by atoms with E-state index in [0.717, 1.165) is 25.0 Å². The Labute approximate surface area is 121 Å². The fraction of sp³-hybridized carbons (Fsp3) is 0.467. The summed E-state index contributed by atoms with van der Waals surface area (Å²) in [5, 5.41) is 8.73. The summed E-state index contributed by atoms with van der Waals surface area (Å²) in [7, 11) is 0. The zero-order valence-corrected chi connectivity index (χ0v) is 11.7. The Balaban J connectivity index is 2.38. The van der Waals surface area contributed by atoms with Gasteiger partial charge in [-0.1, -0.05) is 0 Å². The molecule has 0 radical (unpaired) electrons. The summed E-state index contributed by atoms with van der Waals surface area (Å²) in [6.07, 6.45) is 2.05. The van der Waals surface area contributed by atoms with E-state index in [1.807, 2.05) is 0 Å². The molecule has 0 spiro atoms. The molecule has 1 saturated heterocycles. The topological polar surface area (TPSA) is 53.3 Å². The number of hydrogen-bond donors (Lipinski definition) is 0. The first-order chi connectivity index (χ1) is 10.1. The minimum atomic E-state index is -0.831. The summed E-state index contributed by atoms with van der Waals surface area (Å²) in [5.41, 5.74) is -0.342. The number of benzene rings is 1. The van der Waals surface area contributed by atoms with E-state index in [4.69, 9.17) is 10.00 Å². The maximum absolute atomic E-state index is 14.1. The third kappa shape index (κ3) is 3.13. The smallest absolute Gasteiger partial charge is 0.328 e. The van der Waals surface area contributed by atoms with E-state index in [2.05, 4.69) is 0 Å². The number of carbonyl (C=O) groups excluding carboxylic acids is 1.